The van der Waals surface area contributed by atoms with Crippen LogP contribution in [-0.2, 0) is 24.7 Å². The molecule has 198 valence electrons. The number of Topliss-reactive ketones (excluding diaryl/α,β-unsaturated/α-hetero) is 1. The Balaban J connectivity index is 1.64. The van der Waals surface area contributed by atoms with Crippen LogP contribution in [0.5, 0.6) is 5.75 Å². The lowest BCUT2D eigenvalue weighted by Crippen LogP contribution is -2.52. The number of anilines is 1. The number of hydrogen-bond acceptors (Lipinski definition) is 7. The molecule has 2 amide bonds. The molecule has 38 heavy (non-hydrogen) atoms. The Morgan fingerprint density at radius 3 is 2.47 bits per heavy atom. The number of ketones is 1. The highest BCUT2D eigenvalue weighted by Gasteiger charge is 2.66. The minimum Gasteiger partial charge on any atom is -0.507 e. The van der Waals surface area contributed by atoms with Gasteiger partial charge < -0.3 is 24.4 Å². The number of hydrogen-bond donors (Lipinski definition) is 1. The van der Waals surface area contributed by atoms with Gasteiger partial charge in [-0.15, -0.1) is 6.58 Å². The highest BCUT2D eigenvalue weighted by Crippen LogP contribution is 2.53. The van der Waals surface area contributed by atoms with Gasteiger partial charge in [0, 0.05) is 43.9 Å². The number of fused-ring (bicyclic) bond motifs is 2. The predicted octanol–water partition coefficient (Wildman–Crippen LogP) is 2.53. The number of aliphatic hydroxyl groups excluding tert-OH is 1. The minimum atomic E-state index is -1.78. The van der Waals surface area contributed by atoms with Crippen LogP contribution in [-0.4, -0.2) is 85.6 Å². The Morgan fingerprint density at radius 2 is 1.79 bits per heavy atom. The maximum atomic E-state index is 14.3. The molecule has 1 spiro atoms. The van der Waals surface area contributed by atoms with E-state index in [1.54, 1.807) is 54.6 Å². The highest BCUT2D eigenvalue weighted by molar-refractivity contribution is 6.50. The summed E-state index contributed by atoms with van der Waals surface area (Å²) in [7, 11) is 1.53. The van der Waals surface area contributed by atoms with Crippen molar-refractivity contribution in [3.8, 4) is 5.75 Å². The largest absolute Gasteiger partial charge is 0.507 e. The fraction of sp³-hybridized carbons (Fsp3) is 0.345. The molecule has 0 bridgehead atoms. The predicted molar refractivity (Wildman–Crippen MR) is 142 cm³/mol. The van der Waals surface area contributed by atoms with E-state index in [0.29, 0.717) is 48.7 Å². The number of likely N-dealkylation sites (tertiary alicyclic amines) is 1. The van der Waals surface area contributed by atoms with Crippen molar-refractivity contribution in [3.05, 3.63) is 77.9 Å². The van der Waals surface area contributed by atoms with Gasteiger partial charge in [-0.25, -0.2) is 0 Å². The number of rotatable bonds is 8. The van der Waals surface area contributed by atoms with Gasteiger partial charge in [0.15, 0.2) is 5.54 Å². The van der Waals surface area contributed by atoms with Crippen LogP contribution in [0.4, 0.5) is 5.69 Å². The summed E-state index contributed by atoms with van der Waals surface area (Å²) in [6, 6.07) is 13.6. The third-order valence-electron chi connectivity index (χ3n) is 7.44. The van der Waals surface area contributed by atoms with Gasteiger partial charge in [0.1, 0.15) is 11.5 Å². The fourth-order valence-corrected chi connectivity index (χ4v) is 5.65. The van der Waals surface area contributed by atoms with Gasteiger partial charge >= 0.3 is 0 Å². The Labute approximate surface area is 221 Å². The summed E-state index contributed by atoms with van der Waals surface area (Å²) in [6.45, 7) is 7.71. The van der Waals surface area contributed by atoms with Crippen molar-refractivity contribution in [2.45, 2.75) is 12.0 Å². The maximum Gasteiger partial charge on any atom is 0.296 e. The van der Waals surface area contributed by atoms with Crippen molar-refractivity contribution in [2.75, 3.05) is 57.9 Å². The number of carbonyl (C=O) groups excluding carboxylic acids is 3. The number of aliphatic hydroxyl groups is 1. The maximum absolute atomic E-state index is 14.3. The van der Waals surface area contributed by atoms with E-state index in [0.717, 1.165) is 13.1 Å². The second-order valence-corrected chi connectivity index (χ2v) is 9.48. The molecule has 2 aromatic rings. The first kappa shape index (κ1) is 25.7. The van der Waals surface area contributed by atoms with E-state index in [9.17, 15) is 19.5 Å². The molecular formula is C29H31N3O6. The second-order valence-electron chi connectivity index (χ2n) is 9.48. The van der Waals surface area contributed by atoms with Gasteiger partial charge in [0.25, 0.3) is 17.6 Å². The number of benzene rings is 2. The molecule has 0 unspecified atom stereocenters. The number of ether oxygens (including phenoxy) is 2. The van der Waals surface area contributed by atoms with Crippen molar-refractivity contribution in [1.82, 2.24) is 9.80 Å². The molecule has 0 radical (unpaired) electrons. The van der Waals surface area contributed by atoms with Gasteiger partial charge in [-0.2, -0.15) is 0 Å². The molecule has 2 fully saturated rings. The van der Waals surface area contributed by atoms with Crippen molar-refractivity contribution in [1.29, 1.82) is 0 Å². The van der Waals surface area contributed by atoms with Crippen LogP contribution in [0.1, 0.15) is 17.5 Å². The summed E-state index contributed by atoms with van der Waals surface area (Å²) in [5, 5.41) is 11.5. The lowest BCUT2D eigenvalue weighted by Gasteiger charge is -2.35. The molecule has 2 saturated heterocycles. The lowest BCUT2D eigenvalue weighted by atomic mass is 9.82. The smallest absolute Gasteiger partial charge is 0.296 e. The Bertz CT molecular complexity index is 1300. The fourth-order valence-electron chi connectivity index (χ4n) is 5.65. The van der Waals surface area contributed by atoms with Crippen molar-refractivity contribution < 1.29 is 29.0 Å². The molecular weight excluding hydrogens is 486 g/mol. The zero-order valence-corrected chi connectivity index (χ0v) is 21.4. The van der Waals surface area contributed by atoms with Crippen LogP contribution in [0, 0.1) is 0 Å². The number of nitrogens with zero attached hydrogens (tertiary/aromatic N) is 3. The molecule has 9 nitrogen and oxygen atoms in total. The van der Waals surface area contributed by atoms with E-state index in [4.69, 9.17) is 9.47 Å². The molecule has 2 aromatic carbocycles. The standard InChI is InChI=1S/C29H31N3O6/c1-3-13-31-23-8-5-4-7-22(23)29(28(31)36)24(25(33)20-9-11-21(37-2)12-10-20)26(34)27(35)32(29)15-6-14-30-16-18-38-19-17-30/h3-5,7-12,33H,1,6,13-19H2,2H3/t29-/m1/s1. The van der Waals surface area contributed by atoms with Crippen LogP contribution < -0.4 is 9.64 Å². The van der Waals surface area contributed by atoms with Crippen LogP contribution >= 0.6 is 0 Å². The Kier molecular flexibility index (Phi) is 7.05. The quantitative estimate of drug-likeness (QED) is 0.249. The van der Waals surface area contributed by atoms with Gasteiger partial charge in [0.2, 0.25) is 0 Å². The molecule has 3 heterocycles. The van der Waals surface area contributed by atoms with Crippen LogP contribution in [0.25, 0.3) is 5.76 Å². The zero-order valence-electron chi connectivity index (χ0n) is 21.4. The van der Waals surface area contributed by atoms with E-state index >= 15 is 0 Å². The molecule has 5 rings (SSSR count). The Hall–Kier alpha value is -3.95. The summed E-state index contributed by atoms with van der Waals surface area (Å²) < 4.78 is 10.6. The molecule has 9 heteroatoms. The van der Waals surface area contributed by atoms with Crippen molar-refractivity contribution in [3.63, 3.8) is 0 Å². The summed E-state index contributed by atoms with van der Waals surface area (Å²) in [4.78, 5) is 46.7. The minimum absolute atomic E-state index is 0.170. The van der Waals surface area contributed by atoms with Crippen LogP contribution in [0.15, 0.2) is 66.8 Å². The van der Waals surface area contributed by atoms with Crippen LogP contribution in [0.2, 0.25) is 0 Å². The third kappa shape index (κ3) is 3.99. The van der Waals surface area contributed by atoms with Gasteiger partial charge in [-0.3, -0.25) is 19.3 Å². The summed E-state index contributed by atoms with van der Waals surface area (Å²) in [5.74, 6) is -1.97. The number of morpholine rings is 1. The molecule has 3 aliphatic heterocycles. The van der Waals surface area contributed by atoms with Crippen LogP contribution in [0.3, 0.4) is 0 Å². The molecule has 1 N–H and O–H groups in total. The molecule has 3 aliphatic rings. The van der Waals surface area contributed by atoms with Gasteiger partial charge in [-0.05, 0) is 36.8 Å². The van der Waals surface area contributed by atoms with Crippen molar-refractivity contribution >= 4 is 29.0 Å². The third-order valence-corrected chi connectivity index (χ3v) is 7.44. The highest BCUT2D eigenvalue weighted by atomic mass is 16.5. The topological polar surface area (TPSA) is 99.6 Å². The second kappa shape index (κ2) is 10.4. The molecule has 0 saturated carbocycles. The van der Waals surface area contributed by atoms with E-state index < -0.39 is 28.9 Å². The average Bonchev–Trinajstić information content (AvgIpc) is 3.32. The first-order chi connectivity index (χ1) is 18.4. The summed E-state index contributed by atoms with van der Waals surface area (Å²) in [6.07, 6.45) is 2.15. The molecule has 1 atom stereocenters. The normalized spacial score (nSPS) is 22.8. The van der Waals surface area contributed by atoms with E-state index in [-0.39, 0.29) is 18.7 Å². The monoisotopic (exact) mass is 517 g/mol. The number of para-hydroxylation sites is 1. The zero-order chi connectivity index (χ0) is 26.9. The number of amides is 2. The van der Waals surface area contributed by atoms with Gasteiger partial charge in [-0.1, -0.05) is 24.3 Å². The number of methoxy groups -OCH3 is 1. The lowest BCUT2D eigenvalue weighted by molar-refractivity contribution is -0.143. The van der Waals surface area contributed by atoms with Gasteiger partial charge in [0.05, 0.1) is 31.6 Å². The SMILES string of the molecule is C=CCN1C(=O)[C@]2(C(=C(O)c3ccc(OC)cc3)C(=O)C(=O)N2CCCN2CCOCC2)c2ccccc21. The molecule has 0 aromatic heterocycles. The molecule has 0 aliphatic carbocycles. The first-order valence-corrected chi connectivity index (χ1v) is 12.7. The van der Waals surface area contributed by atoms with Crippen molar-refractivity contribution in [2.24, 2.45) is 0 Å². The summed E-state index contributed by atoms with van der Waals surface area (Å²) in [5.41, 5.74) is -0.611. The first-order valence-electron chi connectivity index (χ1n) is 12.7. The Morgan fingerprint density at radius 1 is 1.08 bits per heavy atom. The average molecular weight is 518 g/mol. The van der Waals surface area contributed by atoms with E-state index in [1.165, 1.54) is 16.9 Å². The number of carbonyl (C=O) groups is 3. The van der Waals surface area contributed by atoms with E-state index in [2.05, 4.69) is 11.5 Å². The van der Waals surface area contributed by atoms with E-state index in [1.807, 2.05) is 0 Å². The summed E-state index contributed by atoms with van der Waals surface area (Å²) >= 11 is 0.